The summed E-state index contributed by atoms with van der Waals surface area (Å²) in [6.45, 7) is 9.77. The molecule has 0 unspecified atom stereocenters. The Morgan fingerprint density at radius 1 is 1.33 bits per heavy atom. The highest BCUT2D eigenvalue weighted by molar-refractivity contribution is 5.22. The Labute approximate surface area is 92.9 Å². The molecule has 1 rings (SSSR count). The van der Waals surface area contributed by atoms with E-state index in [0.29, 0.717) is 0 Å². The predicted octanol–water partition coefficient (Wildman–Crippen LogP) is 1.79. The normalized spacial score (nSPS) is 12.1. The van der Waals surface area contributed by atoms with E-state index in [1.807, 2.05) is 7.05 Å². The van der Waals surface area contributed by atoms with E-state index in [1.54, 1.807) is 0 Å². The first-order chi connectivity index (χ1) is 6.88. The summed E-state index contributed by atoms with van der Waals surface area (Å²) in [5.41, 5.74) is 2.64. The highest BCUT2D eigenvalue weighted by atomic mass is 15.1. The third kappa shape index (κ3) is 2.59. The maximum atomic E-state index is 4.74. The van der Waals surface area contributed by atoms with Crippen molar-refractivity contribution in [2.45, 2.75) is 39.5 Å². The molecule has 0 aliphatic carbocycles. The van der Waals surface area contributed by atoms with Gasteiger partial charge in [0.25, 0.3) is 0 Å². The molecule has 0 fully saturated rings. The molecule has 0 aliphatic rings. The molecule has 3 nitrogen and oxygen atoms in total. The van der Waals surface area contributed by atoms with E-state index in [1.165, 1.54) is 17.2 Å². The first-order valence-corrected chi connectivity index (χ1v) is 5.55. The summed E-state index contributed by atoms with van der Waals surface area (Å²) in [5, 5.41) is 3.16. The van der Waals surface area contributed by atoms with Crippen LogP contribution in [-0.4, -0.2) is 23.1 Å². The zero-order chi connectivity index (χ0) is 11.6. The molecule has 3 heteroatoms. The topological polar surface area (TPSA) is 29.9 Å². The number of imidazole rings is 1. The van der Waals surface area contributed by atoms with Gasteiger partial charge in [-0.15, -0.1) is 0 Å². The second-order valence-corrected chi connectivity index (χ2v) is 5.12. The number of hydrogen-bond donors (Lipinski definition) is 1. The largest absolute Gasteiger partial charge is 0.335 e. The zero-order valence-corrected chi connectivity index (χ0v) is 10.8. The molecule has 0 saturated carbocycles. The van der Waals surface area contributed by atoms with Gasteiger partial charge in [-0.1, -0.05) is 20.8 Å². The quantitative estimate of drug-likeness (QED) is 0.822. The van der Waals surface area contributed by atoms with E-state index in [4.69, 9.17) is 4.98 Å². The molecule has 86 valence electrons. The Hall–Kier alpha value is -0.830. The molecule has 1 N–H and O–H groups in total. The summed E-state index contributed by atoms with van der Waals surface area (Å²) < 4.78 is 2.21. The lowest BCUT2D eigenvalue weighted by molar-refractivity contribution is 0.565. The van der Waals surface area contributed by atoms with Gasteiger partial charge in [0, 0.05) is 31.1 Å². The molecule has 15 heavy (non-hydrogen) atoms. The SMILES string of the molecule is CNCCc1nc(C(C)(C)C)c(C)n1C. The highest BCUT2D eigenvalue weighted by Gasteiger charge is 2.22. The fourth-order valence-corrected chi connectivity index (χ4v) is 1.81. The Kier molecular flexibility index (Phi) is 3.55. The Morgan fingerprint density at radius 3 is 2.33 bits per heavy atom. The predicted molar refractivity (Wildman–Crippen MR) is 64.3 cm³/mol. The van der Waals surface area contributed by atoms with Crippen LogP contribution in [0.1, 0.15) is 38.0 Å². The van der Waals surface area contributed by atoms with Gasteiger partial charge in [-0.3, -0.25) is 0 Å². The summed E-state index contributed by atoms with van der Waals surface area (Å²) in [4.78, 5) is 4.74. The number of likely N-dealkylation sites (N-methyl/N-ethyl adjacent to an activating group) is 1. The Morgan fingerprint density at radius 2 is 1.93 bits per heavy atom. The highest BCUT2D eigenvalue weighted by Crippen LogP contribution is 2.24. The Bertz CT molecular complexity index is 331. The van der Waals surface area contributed by atoms with Gasteiger partial charge in [-0.05, 0) is 14.0 Å². The van der Waals surface area contributed by atoms with Crippen molar-refractivity contribution in [1.82, 2.24) is 14.9 Å². The minimum absolute atomic E-state index is 0.139. The van der Waals surface area contributed by atoms with Crippen LogP contribution in [0.25, 0.3) is 0 Å². The first kappa shape index (κ1) is 12.2. The maximum absolute atomic E-state index is 4.74. The molecule has 0 saturated heterocycles. The second-order valence-electron chi connectivity index (χ2n) is 5.12. The summed E-state index contributed by atoms with van der Waals surface area (Å²) in [7, 11) is 4.07. The second kappa shape index (κ2) is 4.35. The summed E-state index contributed by atoms with van der Waals surface area (Å²) in [6, 6.07) is 0. The van der Waals surface area contributed by atoms with Crippen molar-refractivity contribution in [3.8, 4) is 0 Å². The van der Waals surface area contributed by atoms with Gasteiger partial charge in [0.05, 0.1) is 5.69 Å². The van der Waals surface area contributed by atoms with Crippen molar-refractivity contribution in [1.29, 1.82) is 0 Å². The van der Waals surface area contributed by atoms with Crippen molar-refractivity contribution >= 4 is 0 Å². The standard InChI is InChI=1S/C12H23N3/c1-9-11(12(2,3)4)14-10(15(9)6)7-8-13-5/h13H,7-8H2,1-6H3. The maximum Gasteiger partial charge on any atom is 0.110 e. The van der Waals surface area contributed by atoms with Gasteiger partial charge in [0.1, 0.15) is 5.82 Å². The molecule has 1 heterocycles. The molecular formula is C12H23N3. The summed E-state index contributed by atoms with van der Waals surface area (Å²) in [6.07, 6.45) is 0.990. The Balaban J connectivity index is 3.02. The molecule has 0 aromatic carbocycles. The lowest BCUT2D eigenvalue weighted by atomic mass is 9.91. The lowest BCUT2D eigenvalue weighted by Crippen LogP contribution is -2.14. The minimum atomic E-state index is 0.139. The third-order valence-corrected chi connectivity index (χ3v) is 2.78. The van der Waals surface area contributed by atoms with E-state index < -0.39 is 0 Å². The van der Waals surface area contributed by atoms with Crippen LogP contribution < -0.4 is 5.32 Å². The van der Waals surface area contributed by atoms with Crippen LogP contribution in [0.2, 0.25) is 0 Å². The number of nitrogens with zero attached hydrogens (tertiary/aromatic N) is 2. The number of hydrogen-bond acceptors (Lipinski definition) is 2. The summed E-state index contributed by atoms with van der Waals surface area (Å²) in [5.74, 6) is 1.17. The first-order valence-electron chi connectivity index (χ1n) is 5.55. The molecule has 0 radical (unpaired) electrons. The fraction of sp³-hybridized carbons (Fsp3) is 0.750. The number of rotatable bonds is 3. The molecule has 1 aromatic heterocycles. The number of nitrogens with one attached hydrogen (secondary N) is 1. The average Bonchev–Trinajstić information content (AvgIpc) is 2.41. The van der Waals surface area contributed by atoms with Crippen LogP contribution in [0, 0.1) is 6.92 Å². The van der Waals surface area contributed by atoms with Crippen LogP contribution in [-0.2, 0) is 18.9 Å². The van der Waals surface area contributed by atoms with Crippen LogP contribution in [0.15, 0.2) is 0 Å². The van der Waals surface area contributed by atoms with Crippen molar-refractivity contribution < 1.29 is 0 Å². The van der Waals surface area contributed by atoms with Gasteiger partial charge in [-0.2, -0.15) is 0 Å². The fourth-order valence-electron chi connectivity index (χ4n) is 1.81. The van der Waals surface area contributed by atoms with Gasteiger partial charge in [0.15, 0.2) is 0 Å². The van der Waals surface area contributed by atoms with Crippen molar-refractivity contribution in [3.05, 3.63) is 17.2 Å². The van der Waals surface area contributed by atoms with Crippen LogP contribution in [0.3, 0.4) is 0 Å². The number of aromatic nitrogens is 2. The van der Waals surface area contributed by atoms with E-state index in [9.17, 15) is 0 Å². The van der Waals surface area contributed by atoms with Crippen LogP contribution in [0.5, 0.6) is 0 Å². The molecule has 0 amide bonds. The van der Waals surface area contributed by atoms with Gasteiger partial charge < -0.3 is 9.88 Å². The molecule has 0 aliphatic heterocycles. The molecule has 0 bridgehead atoms. The van der Waals surface area contributed by atoms with E-state index in [-0.39, 0.29) is 5.41 Å². The van der Waals surface area contributed by atoms with Crippen molar-refractivity contribution in [2.24, 2.45) is 7.05 Å². The molecule has 0 atom stereocenters. The van der Waals surface area contributed by atoms with E-state index >= 15 is 0 Å². The van der Waals surface area contributed by atoms with Crippen molar-refractivity contribution in [2.75, 3.05) is 13.6 Å². The third-order valence-electron chi connectivity index (χ3n) is 2.78. The van der Waals surface area contributed by atoms with Crippen LogP contribution in [0.4, 0.5) is 0 Å². The van der Waals surface area contributed by atoms with Crippen LogP contribution >= 0.6 is 0 Å². The smallest absolute Gasteiger partial charge is 0.110 e. The summed E-state index contributed by atoms with van der Waals surface area (Å²) >= 11 is 0. The van der Waals surface area contributed by atoms with Crippen molar-refractivity contribution in [3.63, 3.8) is 0 Å². The monoisotopic (exact) mass is 209 g/mol. The lowest BCUT2D eigenvalue weighted by Gasteiger charge is -2.16. The molecule has 0 spiro atoms. The van der Waals surface area contributed by atoms with E-state index in [0.717, 1.165) is 13.0 Å². The van der Waals surface area contributed by atoms with Gasteiger partial charge in [-0.25, -0.2) is 4.98 Å². The molecule has 1 aromatic rings. The van der Waals surface area contributed by atoms with E-state index in [2.05, 4.69) is 44.6 Å². The van der Waals surface area contributed by atoms with Gasteiger partial charge in [0.2, 0.25) is 0 Å². The molecular weight excluding hydrogens is 186 g/mol. The van der Waals surface area contributed by atoms with Gasteiger partial charge >= 0.3 is 0 Å². The zero-order valence-electron chi connectivity index (χ0n) is 10.8. The minimum Gasteiger partial charge on any atom is -0.335 e. The average molecular weight is 209 g/mol.